The van der Waals surface area contributed by atoms with Crippen LogP contribution in [-0.2, 0) is 6.61 Å². The molecule has 0 spiro atoms. The molecule has 4 rings (SSSR count). The Bertz CT molecular complexity index is 1160. The van der Waals surface area contributed by atoms with Crippen LogP contribution in [0, 0.1) is 0 Å². The van der Waals surface area contributed by atoms with Crippen molar-refractivity contribution in [1.82, 2.24) is 20.5 Å². The Hall–Kier alpha value is -3.36. The van der Waals surface area contributed by atoms with Gasteiger partial charge < -0.3 is 19.8 Å². The molecule has 1 aromatic carbocycles. The van der Waals surface area contributed by atoms with Crippen molar-refractivity contribution in [3.05, 3.63) is 71.2 Å². The number of pyridine rings is 1. The smallest absolute Gasteiger partial charge is 0.278 e. The average molecular weight is 446 g/mol. The molecule has 1 amide bonds. The fraction of sp³-hybridized carbons (Fsp3) is 0.100. The van der Waals surface area contributed by atoms with Crippen LogP contribution in [0.3, 0.4) is 0 Å². The van der Waals surface area contributed by atoms with E-state index < -0.39 is 0 Å². The predicted molar refractivity (Wildman–Crippen MR) is 116 cm³/mol. The first-order valence-corrected chi connectivity index (χ1v) is 9.08. The van der Waals surface area contributed by atoms with Crippen molar-refractivity contribution >= 4 is 52.4 Å². The summed E-state index contributed by atoms with van der Waals surface area (Å²) >= 11 is 5.92. The van der Waals surface area contributed by atoms with Gasteiger partial charge in [0.15, 0.2) is 5.82 Å². The summed E-state index contributed by atoms with van der Waals surface area (Å²) in [5.41, 5.74) is 2.37. The zero-order chi connectivity index (χ0) is 20.2. The van der Waals surface area contributed by atoms with Gasteiger partial charge in [-0.1, -0.05) is 11.6 Å². The number of benzene rings is 1. The summed E-state index contributed by atoms with van der Waals surface area (Å²) in [6.07, 6.45) is 3.10. The predicted octanol–water partition coefficient (Wildman–Crippen LogP) is 4.38. The Morgan fingerprint density at radius 3 is 2.73 bits per heavy atom. The van der Waals surface area contributed by atoms with Gasteiger partial charge in [-0.3, -0.25) is 9.78 Å². The minimum absolute atomic E-state index is 0. The number of nitrogens with zero attached hydrogens (tertiary/aromatic N) is 3. The number of rotatable bonds is 6. The quantitative estimate of drug-likeness (QED) is 0.453. The summed E-state index contributed by atoms with van der Waals surface area (Å²) in [5, 5.41) is 15.4. The van der Waals surface area contributed by atoms with E-state index in [0.29, 0.717) is 22.1 Å². The molecule has 154 valence electrons. The van der Waals surface area contributed by atoms with Crippen molar-refractivity contribution in [2.24, 2.45) is 0 Å². The summed E-state index contributed by atoms with van der Waals surface area (Å²) in [6, 6.07) is 12.4. The van der Waals surface area contributed by atoms with Gasteiger partial charge in [0.25, 0.3) is 11.8 Å². The molecular weight excluding hydrogens is 429 g/mol. The van der Waals surface area contributed by atoms with Gasteiger partial charge >= 0.3 is 0 Å². The van der Waals surface area contributed by atoms with Crippen LogP contribution in [0.2, 0.25) is 5.02 Å². The Labute approximate surface area is 183 Å². The zero-order valence-electron chi connectivity index (χ0n) is 15.8. The highest BCUT2D eigenvalue weighted by Crippen LogP contribution is 2.31. The van der Waals surface area contributed by atoms with Crippen molar-refractivity contribution < 1.29 is 13.9 Å². The highest BCUT2D eigenvalue weighted by Gasteiger charge is 2.14. The van der Waals surface area contributed by atoms with E-state index in [1.807, 2.05) is 12.1 Å². The second kappa shape index (κ2) is 9.43. The average Bonchev–Trinajstić information content (AvgIpc) is 3.25. The Morgan fingerprint density at radius 1 is 1.17 bits per heavy atom. The van der Waals surface area contributed by atoms with E-state index in [2.05, 4.69) is 25.8 Å². The van der Waals surface area contributed by atoms with Gasteiger partial charge in [-0.15, -0.1) is 22.6 Å². The summed E-state index contributed by atoms with van der Waals surface area (Å²) in [6.45, 7) is 0.182. The van der Waals surface area contributed by atoms with E-state index >= 15 is 0 Å². The third-order valence-corrected chi connectivity index (χ3v) is 4.37. The van der Waals surface area contributed by atoms with E-state index in [9.17, 15) is 4.79 Å². The fourth-order valence-corrected chi connectivity index (χ4v) is 2.81. The van der Waals surface area contributed by atoms with Crippen molar-refractivity contribution in [3.8, 4) is 5.88 Å². The molecule has 0 unspecified atom stereocenters. The van der Waals surface area contributed by atoms with Crippen LogP contribution in [0.25, 0.3) is 11.0 Å². The summed E-state index contributed by atoms with van der Waals surface area (Å²) < 4.78 is 11.3. The number of anilines is 2. The van der Waals surface area contributed by atoms with E-state index in [0.717, 1.165) is 16.6 Å². The lowest BCUT2D eigenvalue weighted by molar-refractivity contribution is 0.0958. The standard InChI is InChI=1S/C20H16ClN5O3.ClH/c1-22-19(27)16-10-12(6-8-23-16)11-29-20-17-15(7-9-28-17)18(25-26-20)24-14-4-2-13(21)3-5-14;/h2-10H,11H2,1H3,(H,22,27)(H,24,25);1H. The van der Waals surface area contributed by atoms with E-state index in [1.165, 1.54) is 0 Å². The molecule has 0 atom stereocenters. The first-order valence-electron chi connectivity index (χ1n) is 8.70. The Kier molecular flexibility index (Phi) is 6.71. The highest BCUT2D eigenvalue weighted by atomic mass is 35.5. The topological polar surface area (TPSA) is 102 Å². The second-order valence-corrected chi connectivity index (χ2v) is 6.50. The van der Waals surface area contributed by atoms with Crippen molar-refractivity contribution in [3.63, 3.8) is 0 Å². The number of halogens is 2. The number of furan rings is 1. The first kappa shape index (κ1) is 21.4. The number of hydrogen-bond donors (Lipinski definition) is 2. The van der Waals surface area contributed by atoms with Crippen LogP contribution in [0.5, 0.6) is 5.88 Å². The van der Waals surface area contributed by atoms with Gasteiger partial charge in [-0.25, -0.2) is 0 Å². The molecule has 4 aromatic rings. The molecule has 3 heterocycles. The Morgan fingerprint density at radius 2 is 1.97 bits per heavy atom. The molecule has 2 N–H and O–H groups in total. The van der Waals surface area contributed by atoms with E-state index in [4.69, 9.17) is 20.8 Å². The SMILES string of the molecule is CNC(=O)c1cc(COc2nnc(Nc3ccc(Cl)cc3)c3ccoc23)ccn1.Cl. The maximum Gasteiger partial charge on any atom is 0.278 e. The van der Waals surface area contributed by atoms with Gasteiger partial charge in [0, 0.05) is 24.0 Å². The number of carbonyl (C=O) groups is 1. The van der Waals surface area contributed by atoms with Crippen molar-refractivity contribution in [2.45, 2.75) is 6.61 Å². The molecular formula is C20H17Cl2N5O3. The number of carbonyl (C=O) groups excluding carboxylic acids is 1. The lowest BCUT2D eigenvalue weighted by Crippen LogP contribution is -2.19. The molecule has 0 fully saturated rings. The molecule has 0 aliphatic rings. The largest absolute Gasteiger partial charge is 0.469 e. The number of amides is 1. The number of aromatic nitrogens is 3. The molecule has 0 saturated heterocycles. The van der Waals surface area contributed by atoms with Crippen LogP contribution in [0.15, 0.2) is 59.3 Å². The van der Waals surface area contributed by atoms with Crippen LogP contribution in [0.4, 0.5) is 11.5 Å². The van der Waals surface area contributed by atoms with Gasteiger partial charge in [-0.05, 0) is 48.0 Å². The van der Waals surface area contributed by atoms with Crippen LogP contribution >= 0.6 is 24.0 Å². The molecule has 0 aliphatic heterocycles. The zero-order valence-corrected chi connectivity index (χ0v) is 17.3. The molecule has 3 aromatic heterocycles. The first-order chi connectivity index (χ1) is 14.1. The van der Waals surface area contributed by atoms with Crippen LogP contribution in [0.1, 0.15) is 16.1 Å². The molecule has 0 saturated carbocycles. The van der Waals surface area contributed by atoms with Crippen LogP contribution in [-0.4, -0.2) is 28.1 Å². The number of hydrogen-bond acceptors (Lipinski definition) is 7. The van der Waals surface area contributed by atoms with Crippen LogP contribution < -0.4 is 15.4 Å². The third kappa shape index (κ3) is 4.61. The summed E-state index contributed by atoms with van der Waals surface area (Å²) in [7, 11) is 1.55. The minimum atomic E-state index is -0.266. The number of fused-ring (bicyclic) bond motifs is 1. The van der Waals surface area contributed by atoms with Gasteiger partial charge in [0.2, 0.25) is 5.58 Å². The maximum absolute atomic E-state index is 11.7. The minimum Gasteiger partial charge on any atom is -0.469 e. The molecule has 10 heteroatoms. The van der Waals surface area contributed by atoms with Gasteiger partial charge in [-0.2, -0.15) is 0 Å². The van der Waals surface area contributed by atoms with Crippen molar-refractivity contribution in [1.29, 1.82) is 0 Å². The normalized spacial score (nSPS) is 10.3. The van der Waals surface area contributed by atoms with Gasteiger partial charge in [0.1, 0.15) is 12.3 Å². The number of nitrogens with one attached hydrogen (secondary N) is 2. The fourth-order valence-electron chi connectivity index (χ4n) is 2.68. The number of ether oxygens (including phenoxy) is 1. The lowest BCUT2D eigenvalue weighted by atomic mass is 10.2. The van der Waals surface area contributed by atoms with E-state index in [1.54, 1.807) is 49.8 Å². The maximum atomic E-state index is 11.7. The van der Waals surface area contributed by atoms with Crippen molar-refractivity contribution in [2.75, 3.05) is 12.4 Å². The Balaban J connectivity index is 0.00000256. The monoisotopic (exact) mass is 445 g/mol. The molecule has 0 bridgehead atoms. The molecule has 0 aliphatic carbocycles. The second-order valence-electron chi connectivity index (χ2n) is 6.07. The molecule has 8 nitrogen and oxygen atoms in total. The molecule has 30 heavy (non-hydrogen) atoms. The summed E-state index contributed by atoms with van der Waals surface area (Å²) in [4.78, 5) is 15.8. The molecule has 0 radical (unpaired) electrons. The van der Waals surface area contributed by atoms with E-state index in [-0.39, 0.29) is 30.8 Å². The lowest BCUT2D eigenvalue weighted by Gasteiger charge is -2.09. The summed E-state index contributed by atoms with van der Waals surface area (Å²) in [5.74, 6) is 0.525. The third-order valence-electron chi connectivity index (χ3n) is 4.12. The highest BCUT2D eigenvalue weighted by molar-refractivity contribution is 6.30. The van der Waals surface area contributed by atoms with Gasteiger partial charge in [0.05, 0.1) is 11.6 Å².